The van der Waals surface area contributed by atoms with Crippen molar-refractivity contribution in [3.8, 4) is 0 Å². The zero-order valence-corrected chi connectivity index (χ0v) is 12.9. The molecule has 2 atom stereocenters. The molecule has 1 N–H and O–H groups in total. The predicted molar refractivity (Wildman–Crippen MR) is 81.2 cm³/mol. The first kappa shape index (κ1) is 13.9. The summed E-state index contributed by atoms with van der Waals surface area (Å²) in [5, 5.41) is 3.71. The van der Waals surface area contributed by atoms with E-state index in [1.165, 1.54) is 49.0 Å². The van der Waals surface area contributed by atoms with Gasteiger partial charge in [0.1, 0.15) is 0 Å². The lowest BCUT2D eigenvalue weighted by atomic mass is 9.94. The molecule has 4 heteroatoms. The van der Waals surface area contributed by atoms with Crippen molar-refractivity contribution in [1.82, 2.24) is 5.32 Å². The Kier molecular flexibility index (Phi) is 4.80. The summed E-state index contributed by atoms with van der Waals surface area (Å²) in [6.45, 7) is 2.01. The summed E-state index contributed by atoms with van der Waals surface area (Å²) in [5.74, 6) is 0. The maximum atomic E-state index is 6.14. The van der Waals surface area contributed by atoms with Gasteiger partial charge < -0.3 is 10.1 Å². The molecule has 1 aromatic rings. The van der Waals surface area contributed by atoms with Gasteiger partial charge in [-0.1, -0.05) is 11.6 Å². The van der Waals surface area contributed by atoms with Crippen LogP contribution in [0.3, 0.4) is 0 Å². The summed E-state index contributed by atoms with van der Waals surface area (Å²) in [4.78, 5) is 1.49. The Bertz CT molecular complexity index is 414. The standard InChI is InChI=1S/C15H22ClNOS/c16-15-10-12-13(5-3-6-14(12)19-15)17-8-7-11-4-1-2-9-18-11/h10-11,13,17H,1-9H2. The van der Waals surface area contributed by atoms with Crippen molar-refractivity contribution in [2.45, 2.75) is 57.1 Å². The van der Waals surface area contributed by atoms with Crippen LogP contribution in [0.2, 0.25) is 4.34 Å². The van der Waals surface area contributed by atoms with Crippen LogP contribution < -0.4 is 5.32 Å². The van der Waals surface area contributed by atoms with Gasteiger partial charge in [-0.3, -0.25) is 0 Å². The minimum atomic E-state index is 0.482. The van der Waals surface area contributed by atoms with Gasteiger partial charge in [-0.15, -0.1) is 11.3 Å². The molecular weight excluding hydrogens is 278 g/mol. The molecule has 1 aromatic heterocycles. The summed E-state index contributed by atoms with van der Waals surface area (Å²) in [5.41, 5.74) is 1.45. The molecule has 0 amide bonds. The van der Waals surface area contributed by atoms with Crippen LogP contribution in [-0.2, 0) is 11.2 Å². The highest BCUT2D eigenvalue weighted by Crippen LogP contribution is 2.37. The number of hydrogen-bond donors (Lipinski definition) is 1. The second kappa shape index (κ2) is 6.57. The Morgan fingerprint density at radius 2 is 2.26 bits per heavy atom. The largest absolute Gasteiger partial charge is 0.378 e. The lowest BCUT2D eigenvalue weighted by Crippen LogP contribution is -2.29. The first-order valence-corrected chi connectivity index (χ1v) is 8.65. The van der Waals surface area contributed by atoms with E-state index in [9.17, 15) is 0 Å². The van der Waals surface area contributed by atoms with Crippen LogP contribution in [0.15, 0.2) is 6.07 Å². The summed E-state index contributed by atoms with van der Waals surface area (Å²) in [6.07, 6.45) is 9.16. The van der Waals surface area contributed by atoms with E-state index in [0.29, 0.717) is 12.1 Å². The van der Waals surface area contributed by atoms with Gasteiger partial charge in [0.2, 0.25) is 0 Å². The van der Waals surface area contributed by atoms with E-state index in [0.717, 1.165) is 23.9 Å². The zero-order chi connectivity index (χ0) is 13.1. The average Bonchev–Trinajstić information content (AvgIpc) is 2.81. The Morgan fingerprint density at radius 3 is 3.11 bits per heavy atom. The van der Waals surface area contributed by atoms with Crippen LogP contribution in [0.1, 0.15) is 55.0 Å². The molecule has 0 spiro atoms. The Morgan fingerprint density at radius 1 is 1.32 bits per heavy atom. The normalized spacial score (nSPS) is 27.2. The van der Waals surface area contributed by atoms with Crippen molar-refractivity contribution in [1.29, 1.82) is 0 Å². The van der Waals surface area contributed by atoms with Gasteiger partial charge in [-0.05, 0) is 63.1 Å². The lowest BCUT2D eigenvalue weighted by Gasteiger charge is -2.26. The van der Waals surface area contributed by atoms with Crippen molar-refractivity contribution < 1.29 is 4.74 Å². The van der Waals surface area contributed by atoms with Gasteiger partial charge in [0, 0.05) is 17.5 Å². The summed E-state index contributed by atoms with van der Waals surface area (Å²) >= 11 is 7.90. The molecule has 1 fully saturated rings. The first-order valence-electron chi connectivity index (χ1n) is 7.46. The van der Waals surface area contributed by atoms with Crippen LogP contribution >= 0.6 is 22.9 Å². The zero-order valence-electron chi connectivity index (χ0n) is 11.3. The minimum absolute atomic E-state index is 0.482. The monoisotopic (exact) mass is 299 g/mol. The van der Waals surface area contributed by atoms with Crippen molar-refractivity contribution in [2.24, 2.45) is 0 Å². The maximum absolute atomic E-state index is 6.14. The van der Waals surface area contributed by atoms with E-state index < -0.39 is 0 Å². The van der Waals surface area contributed by atoms with Gasteiger partial charge in [-0.2, -0.15) is 0 Å². The molecule has 1 aliphatic heterocycles. The molecule has 1 saturated heterocycles. The summed E-state index contributed by atoms with van der Waals surface area (Å²) in [6, 6.07) is 2.67. The topological polar surface area (TPSA) is 21.3 Å². The maximum Gasteiger partial charge on any atom is 0.0934 e. The molecule has 106 valence electrons. The lowest BCUT2D eigenvalue weighted by molar-refractivity contribution is 0.0111. The van der Waals surface area contributed by atoms with Gasteiger partial charge in [-0.25, -0.2) is 0 Å². The van der Waals surface area contributed by atoms with E-state index in [-0.39, 0.29) is 0 Å². The van der Waals surface area contributed by atoms with E-state index in [2.05, 4.69) is 11.4 Å². The highest BCUT2D eigenvalue weighted by molar-refractivity contribution is 7.16. The van der Waals surface area contributed by atoms with E-state index in [1.807, 2.05) is 0 Å². The molecule has 0 saturated carbocycles. The van der Waals surface area contributed by atoms with E-state index >= 15 is 0 Å². The molecule has 2 aliphatic rings. The third-order valence-electron chi connectivity index (χ3n) is 4.21. The molecule has 2 nitrogen and oxygen atoms in total. The number of hydrogen-bond acceptors (Lipinski definition) is 3. The molecule has 0 bridgehead atoms. The van der Waals surface area contributed by atoms with Crippen LogP contribution in [0.25, 0.3) is 0 Å². The summed E-state index contributed by atoms with van der Waals surface area (Å²) in [7, 11) is 0. The van der Waals surface area contributed by atoms with Gasteiger partial charge in [0.05, 0.1) is 10.4 Å². The fraction of sp³-hybridized carbons (Fsp3) is 0.733. The second-order valence-corrected chi connectivity index (χ2v) is 7.37. The minimum Gasteiger partial charge on any atom is -0.378 e. The second-order valence-electron chi connectivity index (χ2n) is 5.61. The van der Waals surface area contributed by atoms with Crippen LogP contribution in [0.4, 0.5) is 0 Å². The molecule has 0 aromatic carbocycles. The Labute approximate surface area is 124 Å². The molecular formula is C15H22ClNOS. The number of halogens is 1. The smallest absolute Gasteiger partial charge is 0.0934 e. The van der Waals surface area contributed by atoms with Crippen LogP contribution in [0.5, 0.6) is 0 Å². The first-order chi connectivity index (χ1) is 9.33. The third kappa shape index (κ3) is 3.52. The molecule has 3 rings (SSSR count). The molecule has 19 heavy (non-hydrogen) atoms. The quantitative estimate of drug-likeness (QED) is 0.893. The number of rotatable bonds is 4. The Hall–Kier alpha value is -0.0900. The summed E-state index contributed by atoms with van der Waals surface area (Å²) < 4.78 is 6.72. The Balaban J connectivity index is 1.50. The molecule has 1 aliphatic carbocycles. The van der Waals surface area contributed by atoms with Gasteiger partial charge in [0.25, 0.3) is 0 Å². The number of aryl methyl sites for hydroxylation is 1. The fourth-order valence-electron chi connectivity index (χ4n) is 3.19. The molecule has 2 heterocycles. The SMILES string of the molecule is Clc1cc2c(s1)CCCC2NCCC1CCCCO1. The fourth-order valence-corrected chi connectivity index (χ4v) is 4.57. The van der Waals surface area contributed by atoms with Crippen molar-refractivity contribution in [3.63, 3.8) is 0 Å². The van der Waals surface area contributed by atoms with Crippen molar-refractivity contribution >= 4 is 22.9 Å². The molecule has 2 unspecified atom stereocenters. The van der Waals surface area contributed by atoms with Gasteiger partial charge in [0.15, 0.2) is 0 Å². The van der Waals surface area contributed by atoms with Gasteiger partial charge >= 0.3 is 0 Å². The highest BCUT2D eigenvalue weighted by Gasteiger charge is 2.22. The van der Waals surface area contributed by atoms with Crippen LogP contribution in [0, 0.1) is 0 Å². The number of fused-ring (bicyclic) bond motifs is 1. The van der Waals surface area contributed by atoms with Crippen molar-refractivity contribution in [3.05, 3.63) is 20.8 Å². The van der Waals surface area contributed by atoms with E-state index in [4.69, 9.17) is 16.3 Å². The van der Waals surface area contributed by atoms with Crippen molar-refractivity contribution in [2.75, 3.05) is 13.2 Å². The number of nitrogens with one attached hydrogen (secondary N) is 1. The predicted octanol–water partition coefficient (Wildman–Crippen LogP) is 4.33. The highest BCUT2D eigenvalue weighted by atomic mass is 35.5. The van der Waals surface area contributed by atoms with Crippen LogP contribution in [-0.4, -0.2) is 19.3 Å². The number of thiophene rings is 1. The average molecular weight is 300 g/mol. The van der Waals surface area contributed by atoms with E-state index in [1.54, 1.807) is 11.3 Å². The third-order valence-corrected chi connectivity index (χ3v) is 5.55. The molecule has 0 radical (unpaired) electrons. The number of ether oxygens (including phenoxy) is 1.